The number of nitrogens with one attached hydrogen (secondary N) is 1. The van der Waals surface area contributed by atoms with Crippen LogP contribution in [0.25, 0.3) is 0 Å². The zero-order valence-corrected chi connectivity index (χ0v) is 17.7. The third kappa shape index (κ3) is 4.82. The number of hydrogen-bond acceptors (Lipinski definition) is 5. The summed E-state index contributed by atoms with van der Waals surface area (Å²) in [4.78, 5) is 13.7. The molecule has 0 atom stereocenters. The lowest BCUT2D eigenvalue weighted by atomic mass is 10.1. The van der Waals surface area contributed by atoms with Crippen LogP contribution in [0.4, 0.5) is 5.69 Å². The number of amides is 1. The molecule has 0 saturated heterocycles. The summed E-state index contributed by atoms with van der Waals surface area (Å²) in [5, 5.41) is 2.78. The third-order valence-corrected chi connectivity index (χ3v) is 6.51. The Morgan fingerprint density at radius 1 is 1.19 bits per heavy atom. The molecule has 146 valence electrons. The maximum Gasteiger partial charge on any atom is 0.255 e. The summed E-state index contributed by atoms with van der Waals surface area (Å²) < 4.78 is 31.8. The number of benzene rings is 2. The second kappa shape index (κ2) is 8.77. The van der Waals surface area contributed by atoms with Crippen LogP contribution >= 0.6 is 11.8 Å². The summed E-state index contributed by atoms with van der Waals surface area (Å²) in [5.74, 6) is -0.0366. The first-order valence-corrected chi connectivity index (χ1v) is 11.0. The smallest absolute Gasteiger partial charge is 0.255 e. The van der Waals surface area contributed by atoms with Gasteiger partial charge in [-0.05, 0) is 56.0 Å². The second-order valence-corrected chi connectivity index (χ2v) is 9.02. The van der Waals surface area contributed by atoms with Gasteiger partial charge in [-0.3, -0.25) is 4.79 Å². The molecule has 0 radical (unpaired) electrons. The Bertz CT molecular complexity index is 941. The monoisotopic (exact) mass is 408 g/mol. The van der Waals surface area contributed by atoms with Crippen molar-refractivity contribution in [1.29, 1.82) is 0 Å². The topological polar surface area (TPSA) is 75.7 Å². The molecule has 0 aliphatic rings. The summed E-state index contributed by atoms with van der Waals surface area (Å²) in [7, 11) is -0.814. The van der Waals surface area contributed by atoms with Crippen molar-refractivity contribution >= 4 is 33.4 Å². The summed E-state index contributed by atoms with van der Waals surface area (Å²) in [6.07, 6.45) is 1.94. The van der Waals surface area contributed by atoms with E-state index in [2.05, 4.69) is 5.32 Å². The van der Waals surface area contributed by atoms with Gasteiger partial charge in [0.2, 0.25) is 10.0 Å². The molecule has 0 saturated carbocycles. The van der Waals surface area contributed by atoms with E-state index in [1.807, 2.05) is 31.4 Å². The van der Waals surface area contributed by atoms with Crippen LogP contribution in [0.3, 0.4) is 0 Å². The van der Waals surface area contributed by atoms with E-state index in [0.717, 1.165) is 14.8 Å². The van der Waals surface area contributed by atoms with Gasteiger partial charge in [0.1, 0.15) is 10.6 Å². The molecule has 8 heteroatoms. The minimum atomic E-state index is -3.72. The van der Waals surface area contributed by atoms with Crippen molar-refractivity contribution < 1.29 is 17.9 Å². The Morgan fingerprint density at radius 2 is 1.89 bits per heavy atom. The Kier molecular flexibility index (Phi) is 6.91. The quantitative estimate of drug-likeness (QED) is 0.708. The molecular formula is C19H24N2O4S2. The van der Waals surface area contributed by atoms with Gasteiger partial charge in [0.15, 0.2) is 0 Å². The highest BCUT2D eigenvalue weighted by atomic mass is 32.2. The van der Waals surface area contributed by atoms with E-state index in [1.165, 1.54) is 20.2 Å². The first-order chi connectivity index (χ1) is 12.7. The average molecular weight is 409 g/mol. The van der Waals surface area contributed by atoms with Crippen molar-refractivity contribution in [2.24, 2.45) is 0 Å². The van der Waals surface area contributed by atoms with Crippen molar-refractivity contribution in [3.05, 3.63) is 47.5 Å². The van der Waals surface area contributed by atoms with Crippen molar-refractivity contribution in [3.63, 3.8) is 0 Å². The van der Waals surface area contributed by atoms with Crippen LogP contribution in [0.5, 0.6) is 5.75 Å². The summed E-state index contributed by atoms with van der Waals surface area (Å²) in [6, 6.07) is 10.3. The maximum atomic E-state index is 12.7. The van der Waals surface area contributed by atoms with Gasteiger partial charge < -0.3 is 10.1 Å². The number of ether oxygens (including phenoxy) is 1. The maximum absolute atomic E-state index is 12.7. The van der Waals surface area contributed by atoms with Crippen molar-refractivity contribution in [2.75, 3.05) is 32.3 Å². The molecule has 0 spiro atoms. The molecule has 1 amide bonds. The number of hydrogen-bond donors (Lipinski definition) is 1. The molecule has 0 aliphatic carbocycles. The Morgan fingerprint density at radius 3 is 2.48 bits per heavy atom. The van der Waals surface area contributed by atoms with Gasteiger partial charge >= 0.3 is 0 Å². The Hall–Kier alpha value is -2.03. The normalized spacial score (nSPS) is 11.5. The number of aryl methyl sites for hydroxylation is 1. The molecule has 27 heavy (non-hydrogen) atoms. The molecule has 0 aromatic heterocycles. The number of carbonyl (C=O) groups excluding carboxylic acids is 1. The lowest BCUT2D eigenvalue weighted by molar-refractivity contribution is 0.102. The Labute approximate surface area is 165 Å². The van der Waals surface area contributed by atoms with E-state index >= 15 is 0 Å². The van der Waals surface area contributed by atoms with Crippen molar-refractivity contribution in [3.8, 4) is 5.75 Å². The standard InChI is InChI=1S/C19H24N2O4S2/c1-6-25-17-10-8-14(11-18(17)27(23,24)21(3)4)20-19(22)16-12-15(26-5)9-7-13(16)2/h7-12H,6H2,1-5H3,(H,20,22). The summed E-state index contributed by atoms with van der Waals surface area (Å²) >= 11 is 1.55. The predicted molar refractivity (Wildman–Crippen MR) is 109 cm³/mol. The van der Waals surface area contributed by atoms with Crippen molar-refractivity contribution in [2.45, 2.75) is 23.6 Å². The molecule has 0 aliphatic heterocycles. The van der Waals surface area contributed by atoms with Crippen LogP contribution in [-0.2, 0) is 10.0 Å². The fourth-order valence-electron chi connectivity index (χ4n) is 2.43. The van der Waals surface area contributed by atoms with Gasteiger partial charge in [-0.2, -0.15) is 0 Å². The molecular weight excluding hydrogens is 384 g/mol. The van der Waals surface area contributed by atoms with Gasteiger partial charge in [0.05, 0.1) is 6.61 Å². The van der Waals surface area contributed by atoms with Crippen LogP contribution in [0.15, 0.2) is 46.2 Å². The van der Waals surface area contributed by atoms with E-state index in [0.29, 0.717) is 17.9 Å². The number of carbonyl (C=O) groups is 1. The number of nitrogens with zero attached hydrogens (tertiary/aromatic N) is 1. The highest BCUT2D eigenvalue weighted by Gasteiger charge is 2.23. The summed E-state index contributed by atoms with van der Waals surface area (Å²) in [6.45, 7) is 3.98. The van der Waals surface area contributed by atoms with E-state index in [9.17, 15) is 13.2 Å². The third-order valence-electron chi connectivity index (χ3n) is 3.95. The molecule has 0 fully saturated rings. The predicted octanol–water partition coefficient (Wildman–Crippen LogP) is 3.62. The molecule has 6 nitrogen and oxygen atoms in total. The molecule has 0 bridgehead atoms. The lowest BCUT2D eigenvalue weighted by Gasteiger charge is -2.17. The second-order valence-electron chi connectivity index (χ2n) is 6.02. The minimum absolute atomic E-state index is 0.0155. The van der Waals surface area contributed by atoms with Gasteiger partial charge in [0, 0.05) is 30.2 Å². The van der Waals surface area contributed by atoms with E-state index in [-0.39, 0.29) is 16.6 Å². The number of anilines is 1. The first kappa shape index (κ1) is 21.3. The Balaban J connectivity index is 2.41. The van der Waals surface area contributed by atoms with Crippen LogP contribution in [0, 0.1) is 6.92 Å². The largest absolute Gasteiger partial charge is 0.492 e. The first-order valence-electron chi connectivity index (χ1n) is 8.36. The highest BCUT2D eigenvalue weighted by Crippen LogP contribution is 2.29. The van der Waals surface area contributed by atoms with Crippen LogP contribution in [-0.4, -0.2) is 45.6 Å². The fourth-order valence-corrected chi connectivity index (χ4v) is 3.92. The van der Waals surface area contributed by atoms with Crippen LogP contribution in [0.2, 0.25) is 0 Å². The summed E-state index contributed by atoms with van der Waals surface area (Å²) in [5.41, 5.74) is 1.78. The molecule has 2 rings (SSSR count). The van der Waals surface area contributed by atoms with E-state index < -0.39 is 10.0 Å². The van der Waals surface area contributed by atoms with Crippen LogP contribution in [0.1, 0.15) is 22.8 Å². The highest BCUT2D eigenvalue weighted by molar-refractivity contribution is 7.98. The fraction of sp³-hybridized carbons (Fsp3) is 0.316. The van der Waals surface area contributed by atoms with Gasteiger partial charge in [-0.15, -0.1) is 11.8 Å². The number of thioether (sulfide) groups is 1. The average Bonchev–Trinajstić information content (AvgIpc) is 2.63. The van der Waals surface area contributed by atoms with Crippen molar-refractivity contribution in [1.82, 2.24) is 4.31 Å². The molecule has 2 aromatic carbocycles. The van der Waals surface area contributed by atoms with Gasteiger partial charge in [0.25, 0.3) is 5.91 Å². The molecule has 1 N–H and O–H groups in total. The van der Waals surface area contributed by atoms with E-state index in [1.54, 1.807) is 30.8 Å². The van der Waals surface area contributed by atoms with Crippen LogP contribution < -0.4 is 10.1 Å². The molecule has 2 aromatic rings. The van der Waals surface area contributed by atoms with Gasteiger partial charge in [-0.1, -0.05) is 6.07 Å². The molecule has 0 heterocycles. The number of sulfonamides is 1. The zero-order chi connectivity index (χ0) is 20.2. The number of rotatable bonds is 7. The van der Waals surface area contributed by atoms with E-state index in [4.69, 9.17) is 4.74 Å². The van der Waals surface area contributed by atoms with Gasteiger partial charge in [-0.25, -0.2) is 12.7 Å². The molecule has 0 unspecified atom stereocenters. The zero-order valence-electron chi connectivity index (χ0n) is 16.1. The lowest BCUT2D eigenvalue weighted by Crippen LogP contribution is -2.23. The SMILES string of the molecule is CCOc1ccc(NC(=O)c2cc(SC)ccc2C)cc1S(=O)(=O)N(C)C. The minimum Gasteiger partial charge on any atom is -0.492 e.